The number of rotatable bonds is 36. The van der Waals surface area contributed by atoms with Gasteiger partial charge >= 0.3 is 5.97 Å². The van der Waals surface area contributed by atoms with E-state index in [1.54, 1.807) is 0 Å². The summed E-state index contributed by atoms with van der Waals surface area (Å²) in [5.41, 5.74) is 11.5. The first-order chi connectivity index (χ1) is 24.0. The van der Waals surface area contributed by atoms with E-state index in [1.165, 1.54) is 128 Å². The summed E-state index contributed by atoms with van der Waals surface area (Å²) in [5.74, 6) is -0.342. The lowest BCUT2D eigenvalue weighted by Gasteiger charge is -2.20. The molecule has 0 amide bonds. The van der Waals surface area contributed by atoms with Crippen LogP contribution in [0.2, 0.25) is 0 Å². The van der Waals surface area contributed by atoms with E-state index >= 15 is 0 Å². The van der Waals surface area contributed by atoms with Crippen LogP contribution in [-0.2, 0) is 9.53 Å². The molecule has 0 radical (unpaired) electrons. The molecule has 0 rings (SSSR count). The number of hydrogen-bond acceptors (Lipinski definition) is 4. The lowest BCUT2D eigenvalue weighted by Crippen LogP contribution is -2.36. The second-order valence-electron chi connectivity index (χ2n) is 13.9. The van der Waals surface area contributed by atoms with E-state index in [1.807, 2.05) is 0 Å². The fourth-order valence-electron chi connectivity index (χ4n) is 5.90. The number of ether oxygens (including phenoxy) is 1. The summed E-state index contributed by atoms with van der Waals surface area (Å²) in [7, 11) is 0. The number of guanidine groups is 1. The minimum atomic E-state index is -0.622. The number of allylic oxidation sites excluding steroid dienone is 8. The van der Waals surface area contributed by atoms with Crippen molar-refractivity contribution in [3.63, 3.8) is 0 Å². The van der Waals surface area contributed by atoms with Crippen LogP contribution in [0.4, 0.5) is 0 Å². The molecule has 1 atom stereocenters. The van der Waals surface area contributed by atoms with Gasteiger partial charge in [0.05, 0.1) is 0 Å². The van der Waals surface area contributed by atoms with Crippen LogP contribution in [0.5, 0.6) is 0 Å². The van der Waals surface area contributed by atoms with Gasteiger partial charge in [-0.25, -0.2) is 0 Å². The van der Waals surface area contributed by atoms with Gasteiger partial charge in [-0.3, -0.25) is 10.2 Å². The highest BCUT2D eigenvalue weighted by Crippen LogP contribution is 2.18. The van der Waals surface area contributed by atoms with Crippen LogP contribution in [0.1, 0.15) is 194 Å². The minimum absolute atomic E-state index is 0.0365. The Bertz CT molecular complexity index is 803. The Kier molecular flexibility index (Phi) is 36.6. The van der Waals surface area contributed by atoms with Crippen LogP contribution in [0.15, 0.2) is 48.6 Å². The number of nitrogens with two attached hydrogens (primary N) is 2. The van der Waals surface area contributed by atoms with Gasteiger partial charge in [0, 0.05) is 6.54 Å². The fraction of sp³-hybridized carbons (Fsp3) is 0.767. The van der Waals surface area contributed by atoms with Gasteiger partial charge in [-0.1, -0.05) is 140 Å². The highest BCUT2D eigenvalue weighted by Gasteiger charge is 2.20. The van der Waals surface area contributed by atoms with E-state index in [9.17, 15) is 4.79 Å². The van der Waals surface area contributed by atoms with Gasteiger partial charge in [0.25, 0.3) is 0 Å². The van der Waals surface area contributed by atoms with E-state index in [0.29, 0.717) is 19.4 Å². The van der Waals surface area contributed by atoms with Crippen molar-refractivity contribution in [2.75, 3.05) is 6.54 Å². The van der Waals surface area contributed by atoms with Crippen molar-refractivity contribution >= 4 is 11.9 Å². The van der Waals surface area contributed by atoms with Crippen LogP contribution in [0.3, 0.4) is 0 Å². The Morgan fingerprint density at radius 1 is 0.571 bits per heavy atom. The summed E-state index contributed by atoms with van der Waals surface area (Å²) in [6.45, 7) is 5.04. The molecule has 0 bridgehead atoms. The SMILES string of the molecule is CCCCC/C=C\C/C=C\CCCCCCCCC(CCCCCCCC/C=C\C/C=C\CCCCC)OC(=O)[C@@H](N)CCCNC(=N)N. The lowest BCUT2D eigenvalue weighted by molar-refractivity contribution is -0.151. The van der Waals surface area contributed by atoms with E-state index < -0.39 is 6.04 Å². The van der Waals surface area contributed by atoms with Crippen molar-refractivity contribution in [2.24, 2.45) is 11.5 Å². The van der Waals surface area contributed by atoms with Gasteiger partial charge in [0.1, 0.15) is 12.1 Å². The van der Waals surface area contributed by atoms with Crippen LogP contribution in [0.25, 0.3) is 0 Å². The molecule has 0 unspecified atom stereocenters. The summed E-state index contributed by atoms with van der Waals surface area (Å²) in [6, 6.07) is -0.622. The van der Waals surface area contributed by atoms with Gasteiger partial charge in [0.15, 0.2) is 5.96 Å². The Labute approximate surface area is 303 Å². The smallest absolute Gasteiger partial charge is 0.323 e. The highest BCUT2D eigenvalue weighted by molar-refractivity contribution is 5.75. The largest absolute Gasteiger partial charge is 0.461 e. The quantitative estimate of drug-likeness (QED) is 0.0172. The maximum atomic E-state index is 12.8. The molecule has 0 saturated carbocycles. The summed E-state index contributed by atoms with van der Waals surface area (Å²) >= 11 is 0. The van der Waals surface area contributed by atoms with Crippen LogP contribution in [0, 0.1) is 5.41 Å². The van der Waals surface area contributed by atoms with Crippen molar-refractivity contribution in [1.29, 1.82) is 5.41 Å². The second-order valence-corrected chi connectivity index (χ2v) is 13.9. The highest BCUT2D eigenvalue weighted by atomic mass is 16.5. The monoisotopic (exact) mass is 685 g/mol. The van der Waals surface area contributed by atoms with Gasteiger partial charge < -0.3 is 21.5 Å². The summed E-state index contributed by atoms with van der Waals surface area (Å²) in [4.78, 5) is 12.8. The van der Waals surface area contributed by atoms with Crippen molar-refractivity contribution in [2.45, 2.75) is 206 Å². The number of carbonyl (C=O) groups excluding carboxylic acids is 1. The summed E-state index contributed by atoms with van der Waals surface area (Å²) in [5, 5.41) is 10.0. The van der Waals surface area contributed by atoms with Crippen LogP contribution >= 0.6 is 0 Å². The Morgan fingerprint density at radius 3 is 1.37 bits per heavy atom. The molecule has 6 heteroatoms. The molecule has 0 fully saturated rings. The molecule has 0 aromatic heterocycles. The van der Waals surface area contributed by atoms with E-state index in [-0.39, 0.29) is 18.0 Å². The zero-order valence-corrected chi connectivity index (χ0v) is 32.3. The molecule has 0 aromatic carbocycles. The first kappa shape index (κ1) is 46.7. The van der Waals surface area contributed by atoms with E-state index in [4.69, 9.17) is 21.6 Å². The van der Waals surface area contributed by atoms with E-state index in [0.717, 1.165) is 38.5 Å². The Morgan fingerprint density at radius 2 is 0.959 bits per heavy atom. The molecule has 0 saturated heterocycles. The molecule has 284 valence electrons. The molecule has 0 heterocycles. The number of unbranched alkanes of at least 4 members (excludes halogenated alkanes) is 18. The predicted octanol–water partition coefficient (Wildman–Crippen LogP) is 11.9. The second kappa shape index (κ2) is 38.5. The topological polar surface area (TPSA) is 114 Å². The minimum Gasteiger partial charge on any atom is -0.461 e. The fourth-order valence-corrected chi connectivity index (χ4v) is 5.90. The molecular weight excluding hydrogens is 604 g/mol. The van der Waals surface area contributed by atoms with Crippen LogP contribution in [-0.4, -0.2) is 30.6 Å². The van der Waals surface area contributed by atoms with Crippen molar-refractivity contribution in [1.82, 2.24) is 5.32 Å². The van der Waals surface area contributed by atoms with Gasteiger partial charge in [-0.15, -0.1) is 0 Å². The molecule has 6 N–H and O–H groups in total. The van der Waals surface area contributed by atoms with Gasteiger partial charge in [-0.2, -0.15) is 0 Å². The number of carbonyl (C=O) groups is 1. The Hall–Kier alpha value is -2.34. The van der Waals surface area contributed by atoms with Crippen LogP contribution < -0.4 is 16.8 Å². The maximum Gasteiger partial charge on any atom is 0.323 e. The van der Waals surface area contributed by atoms with Crippen molar-refractivity contribution in [3.05, 3.63) is 48.6 Å². The third-order valence-electron chi connectivity index (χ3n) is 9.05. The lowest BCUT2D eigenvalue weighted by atomic mass is 10.0. The maximum absolute atomic E-state index is 12.8. The summed E-state index contributed by atoms with van der Waals surface area (Å²) in [6.07, 6.45) is 51.2. The van der Waals surface area contributed by atoms with Crippen molar-refractivity contribution in [3.8, 4) is 0 Å². The standard InChI is InChI=1S/C43H80N4O2/c1-3-5-7-9-11-13-15-17-19-21-23-25-27-29-31-33-36-40(49-42(48)41(44)38-35-39-47-43(45)46)37-34-32-30-28-26-24-22-20-18-16-14-12-10-8-6-4-2/h11-14,17-20,40-41H,3-10,15-16,21-39,44H2,1-2H3,(H4,45,46,47)/b13-11-,14-12-,19-17-,20-18-/t41-/m0/s1. The average Bonchev–Trinajstić information content (AvgIpc) is 3.09. The third-order valence-corrected chi connectivity index (χ3v) is 9.05. The third kappa shape index (κ3) is 36.8. The van der Waals surface area contributed by atoms with Crippen molar-refractivity contribution < 1.29 is 9.53 Å². The average molecular weight is 685 g/mol. The molecule has 0 aliphatic heterocycles. The normalized spacial score (nSPS) is 12.7. The predicted molar refractivity (Wildman–Crippen MR) is 215 cm³/mol. The first-order valence-electron chi connectivity index (χ1n) is 20.6. The molecule has 0 aliphatic carbocycles. The molecular formula is C43H80N4O2. The van der Waals surface area contributed by atoms with Gasteiger partial charge in [-0.05, 0) is 103 Å². The zero-order valence-electron chi connectivity index (χ0n) is 32.3. The Balaban J connectivity index is 4.22. The number of nitrogens with one attached hydrogen (secondary N) is 2. The number of esters is 1. The molecule has 0 spiro atoms. The molecule has 0 aromatic rings. The summed E-state index contributed by atoms with van der Waals surface area (Å²) < 4.78 is 5.96. The van der Waals surface area contributed by atoms with Gasteiger partial charge in [0.2, 0.25) is 0 Å². The molecule has 49 heavy (non-hydrogen) atoms. The first-order valence-corrected chi connectivity index (χ1v) is 20.6. The van der Waals surface area contributed by atoms with E-state index in [2.05, 4.69) is 67.8 Å². The zero-order chi connectivity index (χ0) is 35.9. The molecule has 0 aliphatic rings. The number of hydrogen-bond donors (Lipinski definition) is 4. The molecule has 6 nitrogen and oxygen atoms in total.